The van der Waals surface area contributed by atoms with Crippen molar-refractivity contribution in [2.45, 2.75) is 18.9 Å². The maximum atomic E-state index is 5.42. The highest BCUT2D eigenvalue weighted by atomic mass is 16.5. The normalized spacial score (nSPS) is 25.2. The van der Waals surface area contributed by atoms with Gasteiger partial charge in [0.05, 0.1) is 13.7 Å². The van der Waals surface area contributed by atoms with Crippen LogP contribution in [0.25, 0.3) is 6.08 Å². The monoisotopic (exact) mass is 330 g/mol. The second-order valence-electron chi connectivity index (χ2n) is 6.95. The van der Waals surface area contributed by atoms with Crippen LogP contribution in [-0.4, -0.2) is 69.4 Å². The zero-order valence-corrected chi connectivity index (χ0v) is 15.0. The zero-order chi connectivity index (χ0) is 16.8. The van der Waals surface area contributed by atoms with Crippen LogP contribution in [0.15, 0.2) is 30.3 Å². The molecule has 3 aliphatic rings. The molecule has 3 fully saturated rings. The fourth-order valence-electron chi connectivity index (χ4n) is 4.04. The second-order valence-corrected chi connectivity index (χ2v) is 6.95. The van der Waals surface area contributed by atoms with Gasteiger partial charge in [0.1, 0.15) is 5.75 Å². The maximum absolute atomic E-state index is 5.42. The van der Waals surface area contributed by atoms with Crippen LogP contribution >= 0.6 is 0 Å². The minimum Gasteiger partial charge on any atom is -0.496 e. The maximum Gasteiger partial charge on any atom is 0.126 e. The smallest absolute Gasteiger partial charge is 0.126 e. The Kier molecular flexibility index (Phi) is 6.30. The van der Waals surface area contributed by atoms with Crippen molar-refractivity contribution in [3.05, 3.63) is 35.9 Å². The number of ether oxygens (including phenoxy) is 2. The summed E-state index contributed by atoms with van der Waals surface area (Å²) in [6, 6.07) is 8.88. The van der Waals surface area contributed by atoms with Gasteiger partial charge in [0.15, 0.2) is 0 Å². The summed E-state index contributed by atoms with van der Waals surface area (Å²) in [5, 5.41) is 0. The van der Waals surface area contributed by atoms with Gasteiger partial charge in [-0.05, 0) is 24.8 Å². The summed E-state index contributed by atoms with van der Waals surface area (Å²) in [5.41, 5.74) is 1.15. The minimum atomic E-state index is 0.693. The number of piperidine rings is 1. The summed E-state index contributed by atoms with van der Waals surface area (Å²) in [6.45, 7) is 6.57. The highest BCUT2D eigenvalue weighted by Crippen LogP contribution is 2.27. The van der Waals surface area contributed by atoms with Crippen molar-refractivity contribution in [3.63, 3.8) is 0 Å². The van der Waals surface area contributed by atoms with Crippen molar-refractivity contribution in [2.75, 3.05) is 53.6 Å². The van der Waals surface area contributed by atoms with Gasteiger partial charge in [-0.3, -0.25) is 9.80 Å². The van der Waals surface area contributed by atoms with Gasteiger partial charge >= 0.3 is 0 Å². The number of fused-ring (bicyclic) bond motifs is 4. The van der Waals surface area contributed by atoms with Crippen LogP contribution < -0.4 is 4.74 Å². The molecule has 0 N–H and O–H groups in total. The molecule has 4 nitrogen and oxygen atoms in total. The SMILES string of the molecule is COCCN1C[C@H]2CC[C@@H]1CN(C/C=C/c1ccccc1OC)C2. The Balaban J connectivity index is 1.57. The molecule has 0 aliphatic carbocycles. The number of rotatable bonds is 7. The molecular formula is C20H30N2O2. The molecule has 1 aromatic carbocycles. The van der Waals surface area contributed by atoms with E-state index < -0.39 is 0 Å². The molecule has 0 aromatic heterocycles. The molecule has 0 spiro atoms. The lowest BCUT2D eigenvalue weighted by molar-refractivity contribution is 0.0872. The number of nitrogens with zero attached hydrogens (tertiary/aromatic N) is 2. The first-order chi connectivity index (χ1) is 11.8. The minimum absolute atomic E-state index is 0.693. The average Bonchev–Trinajstić information content (AvgIpc) is 2.91. The lowest BCUT2D eigenvalue weighted by Crippen LogP contribution is -2.45. The summed E-state index contributed by atoms with van der Waals surface area (Å²) in [4.78, 5) is 5.25. The van der Waals surface area contributed by atoms with E-state index in [9.17, 15) is 0 Å². The first kappa shape index (κ1) is 17.5. The predicted molar refractivity (Wildman–Crippen MR) is 98.4 cm³/mol. The van der Waals surface area contributed by atoms with E-state index in [1.54, 1.807) is 14.2 Å². The molecular weight excluding hydrogens is 300 g/mol. The van der Waals surface area contributed by atoms with Gasteiger partial charge in [-0.2, -0.15) is 0 Å². The third kappa shape index (κ3) is 4.38. The van der Waals surface area contributed by atoms with Crippen molar-refractivity contribution >= 4 is 6.08 Å². The molecule has 1 aromatic rings. The predicted octanol–water partition coefficient (Wildman–Crippen LogP) is 2.75. The van der Waals surface area contributed by atoms with E-state index in [0.717, 1.165) is 36.9 Å². The molecule has 2 bridgehead atoms. The molecule has 3 saturated heterocycles. The van der Waals surface area contributed by atoms with Crippen LogP contribution in [0.2, 0.25) is 0 Å². The van der Waals surface area contributed by atoms with E-state index in [1.807, 2.05) is 12.1 Å². The van der Waals surface area contributed by atoms with E-state index in [4.69, 9.17) is 9.47 Å². The molecule has 2 atom stereocenters. The van der Waals surface area contributed by atoms with E-state index in [2.05, 4.69) is 34.1 Å². The van der Waals surface area contributed by atoms with Crippen molar-refractivity contribution in [3.8, 4) is 5.75 Å². The Morgan fingerprint density at radius 3 is 2.83 bits per heavy atom. The molecule has 0 amide bonds. The molecule has 3 heterocycles. The lowest BCUT2D eigenvalue weighted by Gasteiger charge is -2.35. The third-order valence-corrected chi connectivity index (χ3v) is 5.29. The average molecular weight is 330 g/mol. The summed E-state index contributed by atoms with van der Waals surface area (Å²) >= 11 is 0. The number of benzene rings is 1. The molecule has 0 radical (unpaired) electrons. The fourth-order valence-corrected chi connectivity index (χ4v) is 4.04. The Bertz CT molecular complexity index is 546. The molecule has 0 saturated carbocycles. The Labute approximate surface area is 146 Å². The lowest BCUT2D eigenvalue weighted by atomic mass is 9.95. The topological polar surface area (TPSA) is 24.9 Å². The van der Waals surface area contributed by atoms with Crippen LogP contribution in [0.4, 0.5) is 0 Å². The Morgan fingerprint density at radius 1 is 1.12 bits per heavy atom. The number of methoxy groups -OCH3 is 2. The zero-order valence-electron chi connectivity index (χ0n) is 15.0. The fraction of sp³-hybridized carbons (Fsp3) is 0.600. The van der Waals surface area contributed by atoms with Crippen molar-refractivity contribution in [1.82, 2.24) is 9.80 Å². The van der Waals surface area contributed by atoms with Gasteiger partial charge in [0.25, 0.3) is 0 Å². The Hall–Kier alpha value is -1.36. The van der Waals surface area contributed by atoms with Gasteiger partial charge in [-0.15, -0.1) is 0 Å². The van der Waals surface area contributed by atoms with E-state index in [-0.39, 0.29) is 0 Å². The first-order valence-electron chi connectivity index (χ1n) is 9.05. The van der Waals surface area contributed by atoms with Crippen LogP contribution in [0, 0.1) is 5.92 Å². The quantitative estimate of drug-likeness (QED) is 0.767. The van der Waals surface area contributed by atoms with Crippen LogP contribution in [0.1, 0.15) is 18.4 Å². The van der Waals surface area contributed by atoms with Crippen LogP contribution in [0.5, 0.6) is 5.75 Å². The largest absolute Gasteiger partial charge is 0.496 e. The standard InChI is InChI=1S/C20H30N2O2/c1-23-13-12-22-15-17-9-10-19(22)16-21(14-17)11-5-7-18-6-3-4-8-20(18)24-2/h3-8,17,19H,9-16H2,1-2H3/b7-5+/t17-,19+/m0/s1. The highest BCUT2D eigenvalue weighted by molar-refractivity contribution is 5.57. The summed E-state index contributed by atoms with van der Waals surface area (Å²) in [6.07, 6.45) is 7.18. The van der Waals surface area contributed by atoms with Gasteiger partial charge in [0.2, 0.25) is 0 Å². The molecule has 4 heteroatoms. The van der Waals surface area contributed by atoms with E-state index in [1.165, 1.54) is 32.5 Å². The highest BCUT2D eigenvalue weighted by Gasteiger charge is 2.33. The number of hydrogen-bond donors (Lipinski definition) is 0. The van der Waals surface area contributed by atoms with Gasteiger partial charge in [0, 0.05) is 51.4 Å². The van der Waals surface area contributed by atoms with Crippen LogP contribution in [-0.2, 0) is 4.74 Å². The second kappa shape index (κ2) is 8.65. The molecule has 3 aliphatic heterocycles. The van der Waals surface area contributed by atoms with E-state index in [0.29, 0.717) is 6.04 Å². The molecule has 0 unspecified atom stereocenters. The Morgan fingerprint density at radius 2 is 2.00 bits per heavy atom. The summed E-state index contributed by atoms with van der Waals surface area (Å²) in [7, 11) is 3.53. The number of para-hydroxylation sites is 1. The molecule has 4 rings (SSSR count). The van der Waals surface area contributed by atoms with Crippen molar-refractivity contribution in [1.29, 1.82) is 0 Å². The van der Waals surface area contributed by atoms with Gasteiger partial charge < -0.3 is 9.47 Å². The van der Waals surface area contributed by atoms with Gasteiger partial charge in [-0.25, -0.2) is 0 Å². The summed E-state index contributed by atoms with van der Waals surface area (Å²) < 4.78 is 10.7. The van der Waals surface area contributed by atoms with E-state index >= 15 is 0 Å². The molecule has 24 heavy (non-hydrogen) atoms. The van der Waals surface area contributed by atoms with Crippen molar-refractivity contribution in [2.24, 2.45) is 5.92 Å². The molecule has 132 valence electrons. The third-order valence-electron chi connectivity index (χ3n) is 5.29. The first-order valence-corrected chi connectivity index (χ1v) is 9.05. The summed E-state index contributed by atoms with van der Waals surface area (Å²) in [5.74, 6) is 1.75. The van der Waals surface area contributed by atoms with Crippen LogP contribution in [0.3, 0.4) is 0 Å². The van der Waals surface area contributed by atoms with Gasteiger partial charge in [-0.1, -0.05) is 30.4 Å². The van der Waals surface area contributed by atoms with Crippen molar-refractivity contribution < 1.29 is 9.47 Å². The number of hydrogen-bond acceptors (Lipinski definition) is 4.